The highest BCUT2D eigenvalue weighted by atomic mass is 16.2. The summed E-state index contributed by atoms with van der Waals surface area (Å²) in [5.74, 6) is -0.148. The molecule has 4 nitrogen and oxygen atoms in total. The molecule has 1 fully saturated rings. The smallest absolute Gasteiger partial charge is 0.236 e. The summed E-state index contributed by atoms with van der Waals surface area (Å²) >= 11 is 0. The maximum Gasteiger partial charge on any atom is 0.236 e. The summed E-state index contributed by atoms with van der Waals surface area (Å²) in [6, 6.07) is 8.43. The molecule has 1 N–H and O–H groups in total. The van der Waals surface area contributed by atoms with E-state index in [4.69, 9.17) is 0 Å². The van der Waals surface area contributed by atoms with Gasteiger partial charge in [0.05, 0.1) is 5.71 Å². The number of nitrogens with zero attached hydrogens (tertiary/aromatic N) is 2. The Bertz CT molecular complexity index is 471. The number of nitrogens with one attached hydrogen (secondary N) is 1. The van der Waals surface area contributed by atoms with Crippen LogP contribution < -0.4 is 10.3 Å². The monoisotopic (exact) mass is 273 g/mol. The number of hydrogen-bond donors (Lipinski definition) is 1. The molecule has 1 heterocycles. The van der Waals surface area contributed by atoms with Crippen LogP contribution in [0.15, 0.2) is 29.4 Å². The van der Waals surface area contributed by atoms with Gasteiger partial charge in [-0.3, -0.25) is 4.79 Å². The van der Waals surface area contributed by atoms with Gasteiger partial charge in [0.15, 0.2) is 0 Å². The lowest BCUT2D eigenvalue weighted by Crippen LogP contribution is -2.23. The Labute approximate surface area is 120 Å². The van der Waals surface area contributed by atoms with E-state index in [-0.39, 0.29) is 5.91 Å². The second-order valence-electron chi connectivity index (χ2n) is 5.31. The van der Waals surface area contributed by atoms with Crippen molar-refractivity contribution in [3.05, 3.63) is 29.8 Å². The highest BCUT2D eigenvalue weighted by Gasteiger charge is 2.09. The van der Waals surface area contributed by atoms with Gasteiger partial charge in [-0.1, -0.05) is 25.0 Å². The lowest BCUT2D eigenvalue weighted by atomic mass is 10.1. The SMILES string of the molecule is CC(=O)N/N=C(\C)c1ccc(N2CCCCCC2)cc1. The van der Waals surface area contributed by atoms with Gasteiger partial charge in [0.2, 0.25) is 5.91 Å². The van der Waals surface area contributed by atoms with Gasteiger partial charge in [-0.15, -0.1) is 0 Å². The van der Waals surface area contributed by atoms with E-state index in [1.807, 2.05) is 6.92 Å². The minimum atomic E-state index is -0.148. The van der Waals surface area contributed by atoms with Crippen molar-refractivity contribution in [1.29, 1.82) is 0 Å². The zero-order chi connectivity index (χ0) is 14.4. The number of carbonyl (C=O) groups excluding carboxylic acids is 1. The van der Waals surface area contributed by atoms with Crippen molar-refractivity contribution in [3.63, 3.8) is 0 Å². The fraction of sp³-hybridized carbons (Fsp3) is 0.500. The van der Waals surface area contributed by atoms with E-state index in [2.05, 4.69) is 39.7 Å². The molecule has 0 bridgehead atoms. The molecule has 0 aromatic heterocycles. The standard InChI is InChI=1S/C16H23N3O/c1-13(17-18-14(2)20)15-7-9-16(10-8-15)19-11-5-3-4-6-12-19/h7-10H,3-6,11-12H2,1-2H3,(H,18,20)/b17-13+. The topological polar surface area (TPSA) is 44.7 Å². The number of benzene rings is 1. The lowest BCUT2D eigenvalue weighted by Gasteiger charge is -2.22. The molecule has 2 rings (SSSR count). The van der Waals surface area contributed by atoms with Gasteiger partial charge in [0.25, 0.3) is 0 Å². The van der Waals surface area contributed by atoms with Crippen LogP contribution in [0.2, 0.25) is 0 Å². The molecule has 1 aliphatic heterocycles. The van der Waals surface area contributed by atoms with E-state index in [0.717, 1.165) is 24.4 Å². The molecule has 0 aliphatic carbocycles. The Kier molecular flexibility index (Phi) is 5.16. The van der Waals surface area contributed by atoms with E-state index in [9.17, 15) is 4.79 Å². The van der Waals surface area contributed by atoms with Crippen LogP contribution >= 0.6 is 0 Å². The molecule has 0 atom stereocenters. The summed E-state index contributed by atoms with van der Waals surface area (Å²) in [7, 11) is 0. The van der Waals surface area contributed by atoms with E-state index >= 15 is 0 Å². The lowest BCUT2D eigenvalue weighted by molar-refractivity contribution is -0.118. The first-order chi connectivity index (χ1) is 9.66. The average molecular weight is 273 g/mol. The molecular weight excluding hydrogens is 250 g/mol. The minimum Gasteiger partial charge on any atom is -0.372 e. The zero-order valence-corrected chi connectivity index (χ0v) is 12.4. The second-order valence-corrected chi connectivity index (χ2v) is 5.31. The number of rotatable bonds is 3. The third kappa shape index (κ3) is 4.08. The molecule has 20 heavy (non-hydrogen) atoms. The molecule has 1 amide bonds. The molecule has 1 aromatic rings. The first kappa shape index (κ1) is 14.6. The molecule has 1 saturated heterocycles. The molecule has 1 aliphatic rings. The van der Waals surface area contributed by atoms with Crippen LogP contribution in [0.1, 0.15) is 45.1 Å². The summed E-state index contributed by atoms with van der Waals surface area (Å²) in [6.45, 7) is 5.66. The largest absolute Gasteiger partial charge is 0.372 e. The molecule has 0 spiro atoms. The number of hydrogen-bond acceptors (Lipinski definition) is 3. The van der Waals surface area contributed by atoms with Gasteiger partial charge >= 0.3 is 0 Å². The Morgan fingerprint density at radius 2 is 1.65 bits per heavy atom. The predicted molar refractivity (Wildman–Crippen MR) is 83.2 cm³/mol. The van der Waals surface area contributed by atoms with Gasteiger partial charge in [-0.25, -0.2) is 5.43 Å². The molecule has 0 radical (unpaired) electrons. The van der Waals surface area contributed by atoms with Crippen LogP contribution in [0.4, 0.5) is 5.69 Å². The van der Waals surface area contributed by atoms with E-state index < -0.39 is 0 Å². The predicted octanol–water partition coefficient (Wildman–Crippen LogP) is 2.93. The van der Waals surface area contributed by atoms with Crippen LogP contribution in [0.5, 0.6) is 0 Å². The molecular formula is C16H23N3O. The first-order valence-corrected chi connectivity index (χ1v) is 7.33. The Hall–Kier alpha value is -1.84. The van der Waals surface area contributed by atoms with Crippen molar-refractivity contribution in [1.82, 2.24) is 5.43 Å². The number of anilines is 1. The highest BCUT2D eigenvalue weighted by molar-refractivity contribution is 5.99. The molecule has 108 valence electrons. The van der Waals surface area contributed by atoms with Gasteiger partial charge < -0.3 is 4.90 Å². The Balaban J connectivity index is 2.05. The maximum absolute atomic E-state index is 10.8. The van der Waals surface area contributed by atoms with Gasteiger partial charge in [-0.05, 0) is 37.5 Å². The first-order valence-electron chi connectivity index (χ1n) is 7.33. The summed E-state index contributed by atoms with van der Waals surface area (Å²) in [5, 5.41) is 4.05. The third-order valence-corrected chi connectivity index (χ3v) is 3.64. The van der Waals surface area contributed by atoms with Gasteiger partial charge in [0.1, 0.15) is 0 Å². The second kappa shape index (κ2) is 7.08. The number of carbonyl (C=O) groups is 1. The van der Waals surface area contributed by atoms with Crippen molar-refractivity contribution >= 4 is 17.3 Å². The van der Waals surface area contributed by atoms with E-state index in [1.54, 1.807) is 0 Å². The maximum atomic E-state index is 10.8. The quantitative estimate of drug-likeness (QED) is 0.680. The molecule has 4 heteroatoms. The van der Waals surface area contributed by atoms with Gasteiger partial charge in [0, 0.05) is 25.7 Å². The molecule has 1 aromatic carbocycles. The minimum absolute atomic E-state index is 0.148. The Morgan fingerprint density at radius 3 is 2.20 bits per heavy atom. The van der Waals surface area contributed by atoms with Crippen LogP contribution in [0.3, 0.4) is 0 Å². The third-order valence-electron chi connectivity index (χ3n) is 3.64. The average Bonchev–Trinajstić information content (AvgIpc) is 2.74. The van der Waals surface area contributed by atoms with E-state index in [1.165, 1.54) is 38.3 Å². The van der Waals surface area contributed by atoms with Crippen molar-refractivity contribution in [2.24, 2.45) is 5.10 Å². The number of amides is 1. The van der Waals surface area contributed by atoms with E-state index in [0.29, 0.717) is 0 Å². The van der Waals surface area contributed by atoms with Gasteiger partial charge in [-0.2, -0.15) is 5.10 Å². The highest BCUT2D eigenvalue weighted by Crippen LogP contribution is 2.20. The fourth-order valence-electron chi connectivity index (χ4n) is 2.47. The normalized spacial score (nSPS) is 16.7. The number of hydrazone groups is 1. The van der Waals surface area contributed by atoms with Crippen molar-refractivity contribution < 1.29 is 4.79 Å². The molecule has 0 unspecified atom stereocenters. The summed E-state index contributed by atoms with van der Waals surface area (Å²) in [6.07, 6.45) is 5.25. The fourth-order valence-corrected chi connectivity index (χ4v) is 2.47. The summed E-state index contributed by atoms with van der Waals surface area (Å²) < 4.78 is 0. The van der Waals surface area contributed by atoms with Crippen molar-refractivity contribution in [2.45, 2.75) is 39.5 Å². The van der Waals surface area contributed by atoms with Crippen molar-refractivity contribution in [3.8, 4) is 0 Å². The van der Waals surface area contributed by atoms with Crippen LogP contribution in [-0.4, -0.2) is 24.7 Å². The van der Waals surface area contributed by atoms with Crippen LogP contribution in [-0.2, 0) is 4.79 Å². The summed E-state index contributed by atoms with van der Waals surface area (Å²) in [5.41, 5.74) is 5.61. The van der Waals surface area contributed by atoms with Crippen LogP contribution in [0.25, 0.3) is 0 Å². The summed E-state index contributed by atoms with van der Waals surface area (Å²) in [4.78, 5) is 13.3. The van der Waals surface area contributed by atoms with Crippen LogP contribution in [0, 0.1) is 0 Å². The van der Waals surface area contributed by atoms with Crippen molar-refractivity contribution in [2.75, 3.05) is 18.0 Å². The Morgan fingerprint density at radius 1 is 1.05 bits per heavy atom. The zero-order valence-electron chi connectivity index (χ0n) is 12.4. The molecule has 0 saturated carbocycles.